The first kappa shape index (κ1) is 29.1. The van der Waals surface area contributed by atoms with E-state index >= 15 is 0 Å². The van der Waals surface area contributed by atoms with Gasteiger partial charge in [-0.05, 0) is 73.8 Å². The molecule has 0 fully saturated rings. The molecule has 1 aliphatic rings. The summed E-state index contributed by atoms with van der Waals surface area (Å²) in [7, 11) is 3.27. The Kier molecular flexibility index (Phi) is 7.69. The van der Waals surface area contributed by atoms with Crippen molar-refractivity contribution in [2.75, 3.05) is 14.2 Å². The van der Waals surface area contributed by atoms with Crippen LogP contribution < -0.4 is 9.47 Å². The van der Waals surface area contributed by atoms with Gasteiger partial charge in [0.2, 0.25) is 0 Å². The fourth-order valence-corrected chi connectivity index (χ4v) is 4.96. The number of hydrogen-bond acceptors (Lipinski definition) is 8. The fraction of sp³-hybridized carbons (Fsp3) is 0.152. The van der Waals surface area contributed by atoms with Crippen molar-refractivity contribution in [3.63, 3.8) is 0 Å². The molecule has 0 unspecified atom stereocenters. The SMILES string of the molecule is COc1cc2nc(c1)C(C)(C)c1cc(OC)cc(n1)-n1[c-]c(c(-c3ccncc3)n1)/C=C\c1[c-]n-2nc1-c1ccncc1.[Pt+2]. The van der Waals surface area contributed by atoms with E-state index in [1.54, 1.807) is 48.4 Å². The van der Waals surface area contributed by atoms with E-state index in [1.165, 1.54) is 0 Å². The summed E-state index contributed by atoms with van der Waals surface area (Å²) in [4.78, 5) is 18.4. The van der Waals surface area contributed by atoms with Crippen LogP contribution in [0.2, 0.25) is 0 Å². The summed E-state index contributed by atoms with van der Waals surface area (Å²) in [6, 6.07) is 15.2. The summed E-state index contributed by atoms with van der Waals surface area (Å²) in [6.45, 7) is 4.12. The second kappa shape index (κ2) is 11.6. The Balaban J connectivity index is 0.00000343. The number of aromatic nitrogens is 8. The molecule has 8 bridgehead atoms. The zero-order valence-corrected chi connectivity index (χ0v) is 26.6. The van der Waals surface area contributed by atoms with Crippen LogP contribution in [-0.2, 0) is 26.5 Å². The van der Waals surface area contributed by atoms with Crippen molar-refractivity contribution in [3.8, 4) is 45.6 Å². The minimum Gasteiger partial charge on any atom is -0.497 e. The van der Waals surface area contributed by atoms with Gasteiger partial charge in [-0.3, -0.25) is 19.9 Å². The Morgan fingerprint density at radius 1 is 0.636 bits per heavy atom. The smallest absolute Gasteiger partial charge is 0.497 e. The van der Waals surface area contributed by atoms with Crippen molar-refractivity contribution >= 4 is 12.2 Å². The van der Waals surface area contributed by atoms with Crippen molar-refractivity contribution in [2.45, 2.75) is 19.3 Å². The van der Waals surface area contributed by atoms with Gasteiger partial charge in [0.1, 0.15) is 11.5 Å². The molecule has 0 atom stereocenters. The zero-order valence-electron chi connectivity index (χ0n) is 24.3. The van der Waals surface area contributed by atoms with E-state index in [4.69, 9.17) is 29.6 Å². The summed E-state index contributed by atoms with van der Waals surface area (Å²) >= 11 is 0. The first-order chi connectivity index (χ1) is 20.9. The average Bonchev–Trinajstić information content (AvgIpc) is 3.69. The molecule has 6 aromatic rings. The minimum atomic E-state index is -0.668. The van der Waals surface area contributed by atoms with Gasteiger partial charge in [0.25, 0.3) is 0 Å². The normalized spacial score (nSPS) is 13.6. The van der Waals surface area contributed by atoms with Crippen LogP contribution in [0, 0.1) is 12.4 Å². The molecule has 7 rings (SSSR count). The van der Waals surface area contributed by atoms with E-state index in [0.717, 1.165) is 45.0 Å². The fourth-order valence-electron chi connectivity index (χ4n) is 4.96. The van der Waals surface area contributed by atoms with E-state index in [2.05, 4.69) is 36.2 Å². The maximum absolute atomic E-state index is 5.71. The van der Waals surface area contributed by atoms with Crippen LogP contribution >= 0.6 is 0 Å². The summed E-state index contributed by atoms with van der Waals surface area (Å²) in [5.41, 5.74) is 5.57. The topological polar surface area (TPSA) is 106 Å². The van der Waals surface area contributed by atoms with Crippen molar-refractivity contribution in [2.24, 2.45) is 0 Å². The van der Waals surface area contributed by atoms with Crippen LogP contribution in [0.25, 0.3) is 46.3 Å². The molecule has 6 aromatic heterocycles. The van der Waals surface area contributed by atoms with Gasteiger partial charge in [0, 0.05) is 65.1 Å². The molecular formula is C33H26N8O2Pt. The summed E-state index contributed by atoms with van der Waals surface area (Å²) in [5, 5.41) is 9.86. The molecule has 0 N–H and O–H groups in total. The Morgan fingerprint density at radius 3 is 1.43 bits per heavy atom. The van der Waals surface area contributed by atoms with Crippen molar-refractivity contribution < 1.29 is 30.5 Å². The van der Waals surface area contributed by atoms with E-state index < -0.39 is 5.41 Å². The molecule has 220 valence electrons. The van der Waals surface area contributed by atoms with E-state index in [-0.39, 0.29) is 21.1 Å². The number of pyridine rings is 4. The number of hydrogen-bond donors (Lipinski definition) is 0. The minimum absolute atomic E-state index is 0. The first-order valence-electron chi connectivity index (χ1n) is 13.6. The van der Waals surface area contributed by atoms with Crippen molar-refractivity contribution in [1.82, 2.24) is 39.5 Å². The Labute approximate surface area is 268 Å². The van der Waals surface area contributed by atoms with Crippen LogP contribution in [0.1, 0.15) is 36.4 Å². The van der Waals surface area contributed by atoms with E-state index in [1.807, 2.05) is 60.7 Å². The third-order valence-electron chi connectivity index (χ3n) is 7.44. The third kappa shape index (κ3) is 5.22. The number of ether oxygens (including phenoxy) is 2. The Hall–Kier alpha value is -4.95. The summed E-state index contributed by atoms with van der Waals surface area (Å²) < 4.78 is 14.7. The maximum atomic E-state index is 5.71. The number of methoxy groups -OCH3 is 2. The predicted molar refractivity (Wildman–Crippen MR) is 161 cm³/mol. The summed E-state index contributed by atoms with van der Waals surface area (Å²) in [6.07, 6.45) is 17.7. The van der Waals surface area contributed by atoms with Gasteiger partial charge in [0.05, 0.1) is 25.9 Å². The maximum Gasteiger partial charge on any atom is 2.00 e. The molecule has 0 radical (unpaired) electrons. The van der Waals surface area contributed by atoms with Gasteiger partial charge in [-0.15, -0.1) is 11.1 Å². The molecule has 10 nitrogen and oxygen atoms in total. The van der Waals surface area contributed by atoms with E-state index in [0.29, 0.717) is 23.1 Å². The van der Waals surface area contributed by atoms with E-state index in [9.17, 15) is 0 Å². The molecule has 0 aromatic carbocycles. The van der Waals surface area contributed by atoms with Gasteiger partial charge >= 0.3 is 21.1 Å². The van der Waals surface area contributed by atoms with Gasteiger partial charge in [0.15, 0.2) is 0 Å². The molecule has 0 saturated heterocycles. The molecule has 1 aliphatic heterocycles. The van der Waals surface area contributed by atoms with Crippen molar-refractivity contribution in [3.05, 3.63) is 108 Å². The zero-order chi connectivity index (χ0) is 29.6. The predicted octanol–water partition coefficient (Wildman–Crippen LogP) is 5.40. The van der Waals surface area contributed by atoms with Crippen molar-refractivity contribution in [1.29, 1.82) is 0 Å². The molecule has 11 heteroatoms. The molecule has 7 heterocycles. The second-order valence-electron chi connectivity index (χ2n) is 10.5. The molecule has 0 spiro atoms. The first-order valence-corrected chi connectivity index (χ1v) is 13.6. The quantitative estimate of drug-likeness (QED) is 0.220. The molecule has 44 heavy (non-hydrogen) atoms. The van der Waals surface area contributed by atoms with Crippen LogP contribution in [0.3, 0.4) is 0 Å². The van der Waals surface area contributed by atoms with Crippen LogP contribution in [0.5, 0.6) is 11.5 Å². The van der Waals surface area contributed by atoms with Crippen LogP contribution in [0.4, 0.5) is 0 Å². The second-order valence-corrected chi connectivity index (χ2v) is 10.5. The molecule has 0 aliphatic carbocycles. The molecule has 0 saturated carbocycles. The third-order valence-corrected chi connectivity index (χ3v) is 7.44. The van der Waals surface area contributed by atoms with Gasteiger partial charge in [-0.1, -0.05) is 0 Å². The van der Waals surface area contributed by atoms with Gasteiger partial charge in [-0.25, -0.2) is 10.2 Å². The summed E-state index contributed by atoms with van der Waals surface area (Å²) in [5.74, 6) is 2.40. The largest absolute Gasteiger partial charge is 2.00 e. The molecule has 0 amide bonds. The number of nitrogens with zero attached hydrogens (tertiary/aromatic N) is 8. The van der Waals surface area contributed by atoms with Gasteiger partial charge < -0.3 is 18.8 Å². The Morgan fingerprint density at radius 2 is 1.05 bits per heavy atom. The van der Waals surface area contributed by atoms with Gasteiger partial charge in [-0.2, -0.15) is 12.2 Å². The number of fused-ring (bicyclic) bond motifs is 10. The van der Waals surface area contributed by atoms with Crippen LogP contribution in [0.15, 0.2) is 73.3 Å². The standard InChI is InChI=1S/C33H26N8O2.Pt/c1-33(2)27-15-25(42-3)17-29(36-27)40-19-23(31(38-40)21-7-11-34-12-8-21)5-6-24-20-41(30-18-26(43-4)16-28(33)37-30)39-32(24)22-9-13-35-14-10-22;/h5-18H,1-4H3;/q-2;+2/b6-5-;. The molecular weight excluding hydrogens is 735 g/mol. The monoisotopic (exact) mass is 761 g/mol. The Bertz CT molecular complexity index is 1840. The number of rotatable bonds is 4. The van der Waals surface area contributed by atoms with Crippen LogP contribution in [-0.4, -0.2) is 53.7 Å². The average molecular weight is 762 g/mol.